The fourth-order valence-corrected chi connectivity index (χ4v) is 4.07. The van der Waals surface area contributed by atoms with Crippen molar-refractivity contribution < 1.29 is 17.9 Å². The summed E-state index contributed by atoms with van der Waals surface area (Å²) in [5.74, 6) is 0.443. The number of halogens is 1. The SMILES string of the molecule is COc1ccc(S(=O)(=O)NC2CCN(C(C)=O)CC2)cc1Cl. The predicted octanol–water partition coefficient (Wildman–Crippen LogP) is 1.64. The van der Waals surface area contributed by atoms with Gasteiger partial charge < -0.3 is 9.64 Å². The maximum Gasteiger partial charge on any atom is 0.240 e. The van der Waals surface area contributed by atoms with Crippen molar-refractivity contribution in [2.45, 2.75) is 30.7 Å². The van der Waals surface area contributed by atoms with Crippen molar-refractivity contribution >= 4 is 27.5 Å². The first-order chi connectivity index (χ1) is 10.3. The van der Waals surface area contributed by atoms with E-state index in [1.54, 1.807) is 4.90 Å². The van der Waals surface area contributed by atoms with Crippen LogP contribution in [0.2, 0.25) is 5.02 Å². The number of hydrogen-bond acceptors (Lipinski definition) is 4. The largest absolute Gasteiger partial charge is 0.495 e. The molecule has 8 heteroatoms. The van der Waals surface area contributed by atoms with E-state index in [1.807, 2.05) is 0 Å². The molecule has 1 amide bonds. The molecule has 0 aliphatic carbocycles. The number of carbonyl (C=O) groups excluding carboxylic acids is 1. The molecule has 122 valence electrons. The van der Waals surface area contributed by atoms with Crippen LogP contribution in [-0.2, 0) is 14.8 Å². The van der Waals surface area contributed by atoms with Gasteiger partial charge in [-0.05, 0) is 31.0 Å². The second kappa shape index (κ2) is 6.85. The summed E-state index contributed by atoms with van der Waals surface area (Å²) >= 11 is 5.97. The Labute approximate surface area is 135 Å². The van der Waals surface area contributed by atoms with Crippen molar-refractivity contribution in [3.05, 3.63) is 23.2 Å². The molecule has 0 aromatic heterocycles. The molecule has 0 saturated carbocycles. The summed E-state index contributed by atoms with van der Waals surface area (Å²) in [6.07, 6.45) is 1.20. The van der Waals surface area contributed by atoms with Crippen LogP contribution in [0.3, 0.4) is 0 Å². The Balaban J connectivity index is 2.06. The van der Waals surface area contributed by atoms with E-state index < -0.39 is 10.0 Å². The highest BCUT2D eigenvalue weighted by molar-refractivity contribution is 7.89. The van der Waals surface area contributed by atoms with Gasteiger partial charge in [0.1, 0.15) is 5.75 Å². The van der Waals surface area contributed by atoms with Crippen LogP contribution >= 0.6 is 11.6 Å². The van der Waals surface area contributed by atoms with Crippen molar-refractivity contribution in [2.75, 3.05) is 20.2 Å². The van der Waals surface area contributed by atoms with Crippen LogP contribution < -0.4 is 9.46 Å². The minimum atomic E-state index is -3.64. The standard InChI is InChI=1S/C14H19ClN2O4S/c1-10(18)17-7-5-11(6-8-17)16-22(19,20)12-3-4-14(21-2)13(15)9-12/h3-4,9,11,16H,5-8H2,1-2H3. The molecule has 1 aliphatic rings. The van der Waals surface area contributed by atoms with Crippen molar-refractivity contribution in [1.82, 2.24) is 9.62 Å². The van der Waals surface area contributed by atoms with Crippen molar-refractivity contribution in [1.29, 1.82) is 0 Å². The van der Waals surface area contributed by atoms with Gasteiger partial charge in [0.2, 0.25) is 15.9 Å². The zero-order chi connectivity index (χ0) is 16.3. The fraction of sp³-hybridized carbons (Fsp3) is 0.500. The van der Waals surface area contributed by atoms with Crippen LogP contribution in [0.25, 0.3) is 0 Å². The third-order valence-corrected chi connectivity index (χ3v) is 5.51. The summed E-state index contributed by atoms with van der Waals surface area (Å²) < 4.78 is 32.4. The highest BCUT2D eigenvalue weighted by Gasteiger charge is 2.25. The highest BCUT2D eigenvalue weighted by atomic mass is 35.5. The average Bonchev–Trinajstić information content (AvgIpc) is 2.47. The van der Waals surface area contributed by atoms with E-state index in [0.717, 1.165) is 0 Å². The Morgan fingerprint density at radius 2 is 2.00 bits per heavy atom. The number of hydrogen-bond donors (Lipinski definition) is 1. The second-order valence-electron chi connectivity index (χ2n) is 5.20. The number of ether oxygens (including phenoxy) is 1. The van der Waals surface area contributed by atoms with E-state index in [9.17, 15) is 13.2 Å². The monoisotopic (exact) mass is 346 g/mol. The molecule has 2 rings (SSSR count). The molecule has 1 N–H and O–H groups in total. The Hall–Kier alpha value is -1.31. The lowest BCUT2D eigenvalue weighted by Crippen LogP contribution is -2.45. The van der Waals surface area contributed by atoms with Crippen LogP contribution in [0, 0.1) is 0 Å². The molecular formula is C14H19ClN2O4S. The highest BCUT2D eigenvalue weighted by Crippen LogP contribution is 2.27. The number of likely N-dealkylation sites (tertiary alicyclic amines) is 1. The Morgan fingerprint density at radius 3 is 2.50 bits per heavy atom. The van der Waals surface area contributed by atoms with E-state index in [4.69, 9.17) is 16.3 Å². The lowest BCUT2D eigenvalue weighted by Gasteiger charge is -2.31. The van der Waals surface area contributed by atoms with E-state index in [0.29, 0.717) is 31.7 Å². The van der Waals surface area contributed by atoms with Crippen molar-refractivity contribution in [2.24, 2.45) is 0 Å². The summed E-state index contributed by atoms with van der Waals surface area (Å²) in [4.78, 5) is 13.1. The molecule has 0 radical (unpaired) electrons. The minimum absolute atomic E-state index is 0.0169. The molecule has 1 aliphatic heterocycles. The second-order valence-corrected chi connectivity index (χ2v) is 7.32. The third-order valence-electron chi connectivity index (χ3n) is 3.70. The van der Waals surface area contributed by atoms with Gasteiger partial charge in [-0.1, -0.05) is 11.6 Å². The normalized spacial score (nSPS) is 16.6. The number of piperidine rings is 1. The fourth-order valence-electron chi connectivity index (χ4n) is 2.41. The van der Waals surface area contributed by atoms with E-state index in [1.165, 1.54) is 32.2 Å². The third kappa shape index (κ3) is 3.91. The van der Waals surface area contributed by atoms with Crippen LogP contribution in [0.15, 0.2) is 23.1 Å². The van der Waals surface area contributed by atoms with Gasteiger partial charge in [-0.2, -0.15) is 0 Å². The van der Waals surface area contributed by atoms with E-state index >= 15 is 0 Å². The van der Waals surface area contributed by atoms with Crippen LogP contribution in [-0.4, -0.2) is 45.5 Å². The predicted molar refractivity (Wildman–Crippen MR) is 83.6 cm³/mol. The lowest BCUT2D eigenvalue weighted by molar-refractivity contribution is -0.129. The van der Waals surface area contributed by atoms with Crippen molar-refractivity contribution in [3.8, 4) is 5.75 Å². The molecule has 1 fully saturated rings. The van der Waals surface area contributed by atoms with Gasteiger partial charge in [0.05, 0.1) is 17.0 Å². The summed E-state index contributed by atoms with van der Waals surface area (Å²) in [5.41, 5.74) is 0. The van der Waals surface area contributed by atoms with Gasteiger partial charge in [0, 0.05) is 26.1 Å². The van der Waals surface area contributed by atoms with Crippen LogP contribution in [0.4, 0.5) is 0 Å². The van der Waals surface area contributed by atoms with Crippen molar-refractivity contribution in [3.63, 3.8) is 0 Å². The Bertz CT molecular complexity index is 655. The molecular weight excluding hydrogens is 328 g/mol. The van der Waals surface area contributed by atoms with Crippen LogP contribution in [0.1, 0.15) is 19.8 Å². The average molecular weight is 347 g/mol. The van der Waals surface area contributed by atoms with Gasteiger partial charge in [0.15, 0.2) is 0 Å². The van der Waals surface area contributed by atoms with E-state index in [-0.39, 0.29) is 21.9 Å². The number of amides is 1. The molecule has 0 spiro atoms. The zero-order valence-electron chi connectivity index (χ0n) is 12.5. The number of nitrogens with one attached hydrogen (secondary N) is 1. The maximum absolute atomic E-state index is 12.4. The molecule has 1 heterocycles. The first kappa shape index (κ1) is 17.1. The van der Waals surface area contributed by atoms with Gasteiger partial charge in [-0.3, -0.25) is 4.79 Å². The van der Waals surface area contributed by atoms with Gasteiger partial charge in [-0.15, -0.1) is 0 Å². The summed E-state index contributed by atoms with van der Waals surface area (Å²) in [6.45, 7) is 2.64. The smallest absolute Gasteiger partial charge is 0.240 e. The summed E-state index contributed by atoms with van der Waals surface area (Å²) in [5, 5.41) is 0.247. The lowest BCUT2D eigenvalue weighted by atomic mass is 10.1. The summed E-state index contributed by atoms with van der Waals surface area (Å²) in [6, 6.07) is 4.17. The number of rotatable bonds is 4. The molecule has 22 heavy (non-hydrogen) atoms. The molecule has 1 aromatic rings. The number of sulfonamides is 1. The zero-order valence-corrected chi connectivity index (χ0v) is 14.1. The number of benzene rings is 1. The van der Waals surface area contributed by atoms with E-state index in [2.05, 4.69) is 4.72 Å². The van der Waals surface area contributed by atoms with Gasteiger partial charge in [0.25, 0.3) is 0 Å². The molecule has 6 nitrogen and oxygen atoms in total. The summed E-state index contributed by atoms with van der Waals surface area (Å²) in [7, 11) is -2.17. The molecule has 0 bridgehead atoms. The number of methoxy groups -OCH3 is 1. The van der Waals surface area contributed by atoms with Crippen LogP contribution in [0.5, 0.6) is 5.75 Å². The molecule has 0 unspecified atom stereocenters. The molecule has 1 aromatic carbocycles. The number of carbonyl (C=O) groups is 1. The maximum atomic E-state index is 12.4. The first-order valence-electron chi connectivity index (χ1n) is 6.95. The van der Waals surface area contributed by atoms with Gasteiger partial charge in [-0.25, -0.2) is 13.1 Å². The Morgan fingerprint density at radius 1 is 1.36 bits per heavy atom. The topological polar surface area (TPSA) is 75.7 Å². The molecule has 1 saturated heterocycles. The first-order valence-corrected chi connectivity index (χ1v) is 8.81. The quantitative estimate of drug-likeness (QED) is 0.899. The van der Waals surface area contributed by atoms with Gasteiger partial charge >= 0.3 is 0 Å². The minimum Gasteiger partial charge on any atom is -0.495 e. The molecule has 0 atom stereocenters. The Kier molecular flexibility index (Phi) is 5.31. The number of nitrogens with zero attached hydrogens (tertiary/aromatic N) is 1.